The fourth-order valence-electron chi connectivity index (χ4n) is 4.45. The number of nitrogens with zero attached hydrogens (tertiary/aromatic N) is 4. The molecule has 35 heavy (non-hydrogen) atoms. The molecule has 1 fully saturated rings. The number of piperidine rings is 1. The zero-order valence-electron chi connectivity index (χ0n) is 19.7. The fraction of sp³-hybridized carbons (Fsp3) is 0.296. The first-order valence-electron chi connectivity index (χ1n) is 11.9. The minimum atomic E-state index is -0.511. The first kappa shape index (κ1) is 23.0. The van der Waals surface area contributed by atoms with Crippen LogP contribution in [0.25, 0.3) is 16.8 Å². The lowest BCUT2D eigenvalue weighted by Gasteiger charge is -2.28. The average Bonchev–Trinajstić information content (AvgIpc) is 3.31. The first-order chi connectivity index (χ1) is 17.1. The van der Waals surface area contributed by atoms with Crippen molar-refractivity contribution in [3.05, 3.63) is 78.0 Å². The standard InChI is InChI=1S/C27H29FN6O/c1-33-14-11-19(12-15-33)18-29-26(35)21-7-9-23(10-8-21)30-27-31-25-24(6-3-13-34(25)32-27)22-5-2-4-20(16-22)17-28/h2-10,13,16,19H,11-12,14-15,17-18H2,1H3,(H,29,35)(H,30,32). The third-order valence-electron chi connectivity index (χ3n) is 6.55. The molecule has 2 N–H and O–H groups in total. The van der Waals surface area contributed by atoms with Gasteiger partial charge < -0.3 is 15.5 Å². The van der Waals surface area contributed by atoms with Crippen molar-refractivity contribution in [1.29, 1.82) is 0 Å². The van der Waals surface area contributed by atoms with Gasteiger partial charge in [0, 0.05) is 29.6 Å². The van der Waals surface area contributed by atoms with Crippen molar-refractivity contribution in [3.63, 3.8) is 0 Å². The molecule has 0 saturated carbocycles. The molecule has 0 unspecified atom stereocenters. The summed E-state index contributed by atoms with van der Waals surface area (Å²) in [6.45, 7) is 2.38. The number of alkyl halides is 1. The van der Waals surface area contributed by atoms with Crippen molar-refractivity contribution >= 4 is 23.2 Å². The fourth-order valence-corrected chi connectivity index (χ4v) is 4.45. The van der Waals surface area contributed by atoms with Crippen LogP contribution in [0.15, 0.2) is 66.9 Å². The van der Waals surface area contributed by atoms with Crippen molar-refractivity contribution in [2.24, 2.45) is 5.92 Å². The van der Waals surface area contributed by atoms with Gasteiger partial charge in [-0.25, -0.2) is 8.91 Å². The number of fused-ring (bicyclic) bond motifs is 1. The number of benzene rings is 2. The number of likely N-dealkylation sites (tertiary alicyclic amines) is 1. The number of hydrogen-bond donors (Lipinski definition) is 2. The molecule has 2 aromatic heterocycles. The van der Waals surface area contributed by atoms with E-state index in [1.165, 1.54) is 0 Å². The molecular weight excluding hydrogens is 443 g/mol. The van der Waals surface area contributed by atoms with Crippen molar-refractivity contribution < 1.29 is 9.18 Å². The molecule has 1 saturated heterocycles. The summed E-state index contributed by atoms with van der Waals surface area (Å²) in [5, 5.41) is 10.8. The van der Waals surface area contributed by atoms with Gasteiger partial charge >= 0.3 is 0 Å². The first-order valence-corrected chi connectivity index (χ1v) is 11.9. The number of carbonyl (C=O) groups excluding carboxylic acids is 1. The zero-order chi connectivity index (χ0) is 24.2. The Labute approximate surface area is 204 Å². The minimum Gasteiger partial charge on any atom is -0.352 e. The summed E-state index contributed by atoms with van der Waals surface area (Å²) in [5.41, 5.74) is 4.48. The van der Waals surface area contributed by atoms with E-state index < -0.39 is 6.67 Å². The minimum absolute atomic E-state index is 0.0542. The predicted octanol–water partition coefficient (Wildman–Crippen LogP) is 4.68. The second kappa shape index (κ2) is 10.2. The number of rotatable bonds is 7. The van der Waals surface area contributed by atoms with Gasteiger partial charge in [-0.1, -0.05) is 18.2 Å². The van der Waals surface area contributed by atoms with Crippen LogP contribution in [0.2, 0.25) is 0 Å². The molecular formula is C27H29FN6O. The molecule has 0 aliphatic carbocycles. The third kappa shape index (κ3) is 5.33. The van der Waals surface area contributed by atoms with Crippen LogP contribution in [0, 0.1) is 5.92 Å². The normalized spacial score (nSPS) is 14.8. The van der Waals surface area contributed by atoms with E-state index in [1.807, 2.05) is 48.7 Å². The summed E-state index contributed by atoms with van der Waals surface area (Å²) in [4.78, 5) is 19.5. The summed E-state index contributed by atoms with van der Waals surface area (Å²) in [7, 11) is 2.14. The van der Waals surface area contributed by atoms with Gasteiger partial charge in [-0.15, -0.1) is 5.10 Å². The molecule has 0 bridgehead atoms. The molecule has 3 heterocycles. The summed E-state index contributed by atoms with van der Waals surface area (Å²) in [6.07, 6.45) is 4.07. The maximum atomic E-state index is 13.1. The molecule has 180 valence electrons. The van der Waals surface area contributed by atoms with E-state index in [-0.39, 0.29) is 5.91 Å². The third-order valence-corrected chi connectivity index (χ3v) is 6.55. The summed E-state index contributed by atoms with van der Waals surface area (Å²) in [5.74, 6) is 0.932. The number of nitrogens with one attached hydrogen (secondary N) is 2. The van der Waals surface area contributed by atoms with Gasteiger partial charge in [0.1, 0.15) is 6.67 Å². The summed E-state index contributed by atoms with van der Waals surface area (Å²) < 4.78 is 14.8. The monoisotopic (exact) mass is 472 g/mol. The smallest absolute Gasteiger partial charge is 0.251 e. The Morgan fingerprint density at radius 2 is 1.89 bits per heavy atom. The van der Waals surface area contributed by atoms with Gasteiger partial charge in [0.25, 0.3) is 5.91 Å². The largest absolute Gasteiger partial charge is 0.352 e. The number of pyridine rings is 1. The van der Waals surface area contributed by atoms with Crippen LogP contribution in [-0.4, -0.2) is 52.1 Å². The lowest BCUT2D eigenvalue weighted by atomic mass is 9.97. The van der Waals surface area contributed by atoms with E-state index in [4.69, 9.17) is 0 Å². The highest BCUT2D eigenvalue weighted by molar-refractivity contribution is 5.94. The molecule has 0 atom stereocenters. The van der Waals surface area contributed by atoms with Crippen LogP contribution < -0.4 is 10.6 Å². The average molecular weight is 473 g/mol. The van der Waals surface area contributed by atoms with Gasteiger partial charge in [0.2, 0.25) is 5.95 Å². The molecule has 1 aliphatic heterocycles. The summed E-state index contributed by atoms with van der Waals surface area (Å²) in [6, 6.07) is 18.5. The molecule has 8 heteroatoms. The lowest BCUT2D eigenvalue weighted by molar-refractivity contribution is 0.0939. The number of hydrogen-bond acceptors (Lipinski definition) is 5. The second-order valence-corrected chi connectivity index (χ2v) is 9.12. The van der Waals surface area contributed by atoms with E-state index in [0.29, 0.717) is 35.2 Å². The van der Waals surface area contributed by atoms with E-state index in [2.05, 4.69) is 32.7 Å². The van der Waals surface area contributed by atoms with Gasteiger partial charge in [-0.2, -0.15) is 4.98 Å². The predicted molar refractivity (Wildman–Crippen MR) is 136 cm³/mol. The number of anilines is 2. The topological polar surface area (TPSA) is 74.6 Å². The Kier molecular flexibility index (Phi) is 6.72. The zero-order valence-corrected chi connectivity index (χ0v) is 19.7. The van der Waals surface area contributed by atoms with Gasteiger partial charge in [-0.05, 0) is 92.5 Å². The molecule has 1 amide bonds. The quantitative estimate of drug-likeness (QED) is 0.409. The Bertz CT molecular complexity index is 1310. The van der Waals surface area contributed by atoms with Crippen LogP contribution in [0.5, 0.6) is 0 Å². The SMILES string of the molecule is CN1CCC(CNC(=O)c2ccc(Nc3nc4c(-c5cccc(CF)c5)cccn4n3)cc2)CC1. The highest BCUT2D eigenvalue weighted by Crippen LogP contribution is 2.26. The van der Waals surface area contributed by atoms with Gasteiger partial charge in [0.15, 0.2) is 5.65 Å². The van der Waals surface area contributed by atoms with Crippen LogP contribution >= 0.6 is 0 Å². The number of aromatic nitrogens is 3. The van der Waals surface area contributed by atoms with Crippen molar-refractivity contribution in [2.75, 3.05) is 32.0 Å². The molecule has 0 radical (unpaired) electrons. The van der Waals surface area contributed by atoms with Crippen LogP contribution in [0.1, 0.15) is 28.8 Å². The van der Waals surface area contributed by atoms with Crippen molar-refractivity contribution in [1.82, 2.24) is 24.8 Å². The Hall–Kier alpha value is -3.78. The van der Waals surface area contributed by atoms with Crippen molar-refractivity contribution in [2.45, 2.75) is 19.5 Å². The van der Waals surface area contributed by atoms with Crippen LogP contribution in [-0.2, 0) is 6.67 Å². The van der Waals surface area contributed by atoms with Gasteiger partial charge in [-0.3, -0.25) is 4.79 Å². The van der Waals surface area contributed by atoms with E-state index in [1.54, 1.807) is 22.7 Å². The van der Waals surface area contributed by atoms with Crippen LogP contribution in [0.4, 0.5) is 16.0 Å². The number of carbonyl (C=O) groups is 1. The van der Waals surface area contributed by atoms with E-state index in [9.17, 15) is 9.18 Å². The Morgan fingerprint density at radius 1 is 1.09 bits per heavy atom. The molecule has 5 rings (SSSR count). The van der Waals surface area contributed by atoms with E-state index >= 15 is 0 Å². The molecule has 2 aromatic carbocycles. The molecule has 4 aromatic rings. The number of amides is 1. The van der Waals surface area contributed by atoms with Crippen LogP contribution in [0.3, 0.4) is 0 Å². The maximum Gasteiger partial charge on any atom is 0.251 e. The molecule has 0 spiro atoms. The highest BCUT2D eigenvalue weighted by atomic mass is 19.1. The van der Waals surface area contributed by atoms with Gasteiger partial charge in [0.05, 0.1) is 0 Å². The van der Waals surface area contributed by atoms with E-state index in [0.717, 1.165) is 42.7 Å². The lowest BCUT2D eigenvalue weighted by Crippen LogP contribution is -2.36. The van der Waals surface area contributed by atoms with Crippen molar-refractivity contribution in [3.8, 4) is 11.1 Å². The second-order valence-electron chi connectivity index (χ2n) is 9.12. The maximum absolute atomic E-state index is 13.1. The molecule has 7 nitrogen and oxygen atoms in total. The highest BCUT2D eigenvalue weighted by Gasteiger charge is 2.17. The Morgan fingerprint density at radius 3 is 2.66 bits per heavy atom. The number of halogens is 1. The molecule has 1 aliphatic rings. The summed E-state index contributed by atoms with van der Waals surface area (Å²) >= 11 is 0. The Balaban J connectivity index is 1.26.